The summed E-state index contributed by atoms with van der Waals surface area (Å²) < 4.78 is 41.9. The zero-order valence-electron chi connectivity index (χ0n) is 13.6. The number of aromatic hydroxyl groups is 1. The molecule has 25 heavy (non-hydrogen) atoms. The van der Waals surface area contributed by atoms with Gasteiger partial charge in [0.25, 0.3) is 0 Å². The van der Waals surface area contributed by atoms with Gasteiger partial charge in [-0.2, -0.15) is 13.2 Å². The van der Waals surface area contributed by atoms with Gasteiger partial charge in [0.2, 0.25) is 0 Å². The van der Waals surface area contributed by atoms with Gasteiger partial charge >= 0.3 is 6.18 Å². The molecule has 2 N–H and O–H groups in total. The number of aliphatic hydroxyl groups excluding tert-OH is 1. The third-order valence-corrected chi connectivity index (χ3v) is 4.21. The average molecular weight is 353 g/mol. The third-order valence-electron chi connectivity index (χ3n) is 4.21. The van der Waals surface area contributed by atoms with Crippen LogP contribution in [0.1, 0.15) is 5.69 Å². The molecule has 0 amide bonds. The Morgan fingerprint density at radius 3 is 2.60 bits per heavy atom. The molecule has 2 aromatic heterocycles. The van der Waals surface area contributed by atoms with E-state index in [4.69, 9.17) is 5.11 Å². The number of pyridine rings is 1. The van der Waals surface area contributed by atoms with Crippen molar-refractivity contribution in [3.05, 3.63) is 36.2 Å². The van der Waals surface area contributed by atoms with Crippen molar-refractivity contribution in [1.82, 2.24) is 14.5 Å². The Morgan fingerprint density at radius 1 is 1.16 bits per heavy atom. The Kier molecular flexibility index (Phi) is 4.57. The van der Waals surface area contributed by atoms with Crippen LogP contribution in [-0.2, 0) is 12.7 Å². The second-order valence-electron chi connectivity index (χ2n) is 5.93. The van der Waals surface area contributed by atoms with Gasteiger partial charge in [-0.15, -0.1) is 0 Å². The molecule has 0 aliphatic rings. The van der Waals surface area contributed by atoms with Crippen LogP contribution in [0.4, 0.5) is 13.2 Å². The normalized spacial score (nSPS) is 12.6. The molecule has 0 radical (unpaired) electrons. The lowest BCUT2D eigenvalue weighted by atomic mass is 10.1. The van der Waals surface area contributed by atoms with E-state index in [2.05, 4.69) is 4.98 Å². The fourth-order valence-electron chi connectivity index (χ4n) is 3.03. The van der Waals surface area contributed by atoms with Crippen molar-refractivity contribution in [3.8, 4) is 5.75 Å². The summed E-state index contributed by atoms with van der Waals surface area (Å²) in [6.07, 6.45) is -3.43. The first-order valence-corrected chi connectivity index (χ1v) is 7.79. The van der Waals surface area contributed by atoms with Gasteiger partial charge in [0.1, 0.15) is 5.75 Å². The molecule has 134 valence electrons. The van der Waals surface area contributed by atoms with Crippen LogP contribution in [0.5, 0.6) is 5.75 Å². The molecule has 0 unspecified atom stereocenters. The van der Waals surface area contributed by atoms with Gasteiger partial charge in [0, 0.05) is 42.7 Å². The lowest BCUT2D eigenvalue weighted by Gasteiger charge is -2.17. The van der Waals surface area contributed by atoms with E-state index in [1.807, 2.05) is 4.90 Å². The van der Waals surface area contributed by atoms with E-state index in [0.717, 1.165) is 6.20 Å². The summed E-state index contributed by atoms with van der Waals surface area (Å²) >= 11 is 0. The molecular weight excluding hydrogens is 335 g/mol. The fraction of sp³-hybridized carbons (Fsp3) is 0.353. The van der Waals surface area contributed by atoms with Crippen molar-refractivity contribution < 1.29 is 23.4 Å². The molecular formula is C17H18F3N3O2. The smallest absolute Gasteiger partial charge is 0.435 e. The van der Waals surface area contributed by atoms with Crippen LogP contribution in [0.3, 0.4) is 0 Å². The molecule has 3 aromatic rings. The van der Waals surface area contributed by atoms with Crippen LogP contribution in [0.2, 0.25) is 0 Å². The average Bonchev–Trinajstić information content (AvgIpc) is 2.85. The summed E-state index contributed by atoms with van der Waals surface area (Å²) in [4.78, 5) is 5.38. The van der Waals surface area contributed by atoms with Crippen LogP contribution >= 0.6 is 0 Å². The Labute approximate surface area is 141 Å². The second-order valence-corrected chi connectivity index (χ2v) is 5.93. The van der Waals surface area contributed by atoms with Crippen LogP contribution in [-0.4, -0.2) is 51.4 Å². The number of hydrogen-bond donors (Lipinski definition) is 2. The number of likely N-dealkylation sites (N-methyl/N-ethyl adjacent to an activating group) is 1. The van der Waals surface area contributed by atoms with Crippen LogP contribution in [0, 0.1) is 0 Å². The lowest BCUT2D eigenvalue weighted by Crippen LogP contribution is -2.26. The minimum Gasteiger partial charge on any atom is -0.508 e. The number of fused-ring (bicyclic) bond motifs is 3. The fourth-order valence-corrected chi connectivity index (χ4v) is 3.03. The van der Waals surface area contributed by atoms with Crippen molar-refractivity contribution in [1.29, 1.82) is 0 Å². The standard InChI is InChI=1S/C17H18F3N3O2/c1-22(8-9-24)6-7-23-14-10-11(25)2-3-12(14)13-4-5-21-16(15(13)23)17(18,19)20/h2-5,10,24-25H,6-9H2,1H3. The molecule has 0 aliphatic carbocycles. The molecule has 5 nitrogen and oxygen atoms in total. The molecule has 0 saturated carbocycles. The summed E-state index contributed by atoms with van der Waals surface area (Å²) in [6.45, 7) is 1.11. The van der Waals surface area contributed by atoms with Gasteiger partial charge in [-0.1, -0.05) is 0 Å². The van der Waals surface area contributed by atoms with E-state index in [-0.39, 0.29) is 24.4 Å². The highest BCUT2D eigenvalue weighted by molar-refractivity contribution is 6.09. The molecule has 0 bridgehead atoms. The van der Waals surface area contributed by atoms with Crippen molar-refractivity contribution in [3.63, 3.8) is 0 Å². The highest BCUT2D eigenvalue weighted by atomic mass is 19.4. The first-order valence-electron chi connectivity index (χ1n) is 7.79. The molecule has 0 atom stereocenters. The zero-order chi connectivity index (χ0) is 18.2. The molecule has 0 saturated heterocycles. The second kappa shape index (κ2) is 6.53. The van der Waals surface area contributed by atoms with E-state index < -0.39 is 11.9 Å². The van der Waals surface area contributed by atoms with Gasteiger partial charge in [-0.05, 0) is 25.2 Å². The van der Waals surface area contributed by atoms with Gasteiger partial charge in [-0.25, -0.2) is 4.98 Å². The minimum atomic E-state index is -4.58. The monoisotopic (exact) mass is 353 g/mol. The minimum absolute atomic E-state index is 0.00741. The van der Waals surface area contributed by atoms with Crippen molar-refractivity contribution in [2.75, 3.05) is 26.7 Å². The van der Waals surface area contributed by atoms with E-state index in [9.17, 15) is 18.3 Å². The Balaban J connectivity index is 2.23. The highest BCUT2D eigenvalue weighted by Crippen LogP contribution is 2.38. The number of rotatable bonds is 5. The summed E-state index contributed by atoms with van der Waals surface area (Å²) in [6, 6.07) is 6.08. The predicted molar refractivity (Wildman–Crippen MR) is 88.5 cm³/mol. The quantitative estimate of drug-likeness (QED) is 0.741. The number of phenolic OH excluding ortho intramolecular Hbond substituents is 1. The maximum atomic E-state index is 13.5. The van der Waals surface area contributed by atoms with E-state index >= 15 is 0 Å². The van der Waals surface area contributed by atoms with Crippen molar-refractivity contribution in [2.24, 2.45) is 0 Å². The Morgan fingerprint density at radius 2 is 1.92 bits per heavy atom. The predicted octanol–water partition coefficient (Wildman–Crippen LogP) is 2.84. The van der Waals surface area contributed by atoms with Crippen LogP contribution in [0.15, 0.2) is 30.5 Å². The number of alkyl halides is 3. The highest BCUT2D eigenvalue weighted by Gasteiger charge is 2.36. The summed E-state index contributed by atoms with van der Waals surface area (Å²) in [7, 11) is 1.78. The molecule has 3 rings (SSSR count). The van der Waals surface area contributed by atoms with E-state index in [0.29, 0.717) is 29.4 Å². The topological polar surface area (TPSA) is 61.5 Å². The summed E-state index contributed by atoms with van der Waals surface area (Å²) in [5, 5.41) is 19.8. The molecule has 0 aliphatic heterocycles. The SMILES string of the molecule is CN(CCO)CCn1c2cc(O)ccc2c2ccnc(C(F)(F)F)c21. The molecule has 8 heteroatoms. The van der Waals surface area contributed by atoms with Crippen molar-refractivity contribution >= 4 is 21.8 Å². The van der Waals surface area contributed by atoms with Gasteiger partial charge in [0.15, 0.2) is 5.69 Å². The van der Waals surface area contributed by atoms with Gasteiger partial charge in [0.05, 0.1) is 17.6 Å². The zero-order valence-corrected chi connectivity index (χ0v) is 13.6. The summed E-state index contributed by atoms with van der Waals surface area (Å²) in [5.74, 6) is -0.0122. The Hall–Kier alpha value is -2.32. The Bertz CT molecular complexity index is 905. The van der Waals surface area contributed by atoms with Crippen LogP contribution < -0.4 is 0 Å². The number of benzene rings is 1. The lowest BCUT2D eigenvalue weighted by molar-refractivity contribution is -0.140. The molecule has 2 heterocycles. The van der Waals surface area contributed by atoms with Gasteiger partial charge in [-0.3, -0.25) is 0 Å². The number of aromatic nitrogens is 2. The number of halogens is 3. The largest absolute Gasteiger partial charge is 0.508 e. The summed E-state index contributed by atoms with van der Waals surface area (Å²) in [5.41, 5.74) is -0.413. The first kappa shape index (κ1) is 17.5. The number of aliphatic hydroxyl groups is 1. The van der Waals surface area contributed by atoms with Crippen LogP contribution in [0.25, 0.3) is 21.8 Å². The maximum Gasteiger partial charge on any atom is 0.435 e. The molecule has 0 spiro atoms. The number of nitrogens with zero attached hydrogens (tertiary/aromatic N) is 3. The first-order chi connectivity index (χ1) is 11.8. The molecule has 0 fully saturated rings. The molecule has 1 aromatic carbocycles. The van der Waals surface area contributed by atoms with E-state index in [1.54, 1.807) is 19.2 Å². The van der Waals surface area contributed by atoms with E-state index in [1.165, 1.54) is 16.7 Å². The number of hydrogen-bond acceptors (Lipinski definition) is 4. The van der Waals surface area contributed by atoms with Gasteiger partial charge < -0.3 is 19.7 Å². The third kappa shape index (κ3) is 3.27. The number of phenols is 1. The van der Waals surface area contributed by atoms with Crippen molar-refractivity contribution in [2.45, 2.75) is 12.7 Å². The maximum absolute atomic E-state index is 13.5.